The maximum Gasteiger partial charge on any atom is 0.270 e. The van der Waals surface area contributed by atoms with E-state index in [-0.39, 0.29) is 28.1 Å². The van der Waals surface area contributed by atoms with E-state index in [9.17, 15) is 18.5 Å². The van der Waals surface area contributed by atoms with Crippen molar-refractivity contribution in [1.82, 2.24) is 4.72 Å². The zero-order valence-corrected chi connectivity index (χ0v) is 12.1. The second-order valence-corrected chi connectivity index (χ2v) is 6.89. The van der Waals surface area contributed by atoms with Crippen LogP contribution < -0.4 is 10.5 Å². The van der Waals surface area contributed by atoms with Crippen LogP contribution in [0, 0.1) is 10.1 Å². The third kappa shape index (κ3) is 4.08. The summed E-state index contributed by atoms with van der Waals surface area (Å²) in [6.45, 7) is 2.09. The van der Waals surface area contributed by atoms with E-state index in [1.807, 2.05) is 13.2 Å². The highest BCUT2D eigenvalue weighted by atomic mass is 32.2. The average molecular weight is 305 g/mol. The Morgan fingerprint density at radius 2 is 2.16 bits per heavy atom. The predicted molar refractivity (Wildman–Crippen MR) is 75.7 cm³/mol. The van der Waals surface area contributed by atoms with Gasteiger partial charge < -0.3 is 5.73 Å². The van der Waals surface area contributed by atoms with Crippen molar-refractivity contribution in [3.05, 3.63) is 28.3 Å². The van der Waals surface area contributed by atoms with Gasteiger partial charge in [0.2, 0.25) is 10.0 Å². The summed E-state index contributed by atoms with van der Waals surface area (Å²) < 4.78 is 26.4. The minimum absolute atomic E-state index is 0.0186. The minimum atomic E-state index is -3.84. The van der Waals surface area contributed by atoms with Gasteiger partial charge in [0.1, 0.15) is 4.90 Å². The third-order valence-electron chi connectivity index (χ3n) is 2.46. The van der Waals surface area contributed by atoms with Crippen molar-refractivity contribution in [3.63, 3.8) is 0 Å². The van der Waals surface area contributed by atoms with Gasteiger partial charge in [-0.15, -0.1) is 0 Å². The summed E-state index contributed by atoms with van der Waals surface area (Å²) >= 11 is 1.51. The molecule has 0 aromatic heterocycles. The number of benzene rings is 1. The smallest absolute Gasteiger partial charge is 0.270 e. The van der Waals surface area contributed by atoms with E-state index in [1.54, 1.807) is 0 Å². The van der Waals surface area contributed by atoms with Gasteiger partial charge in [-0.1, -0.05) is 6.92 Å². The van der Waals surface area contributed by atoms with Crippen LogP contribution in [-0.2, 0) is 10.0 Å². The number of nitro groups is 1. The zero-order valence-electron chi connectivity index (χ0n) is 10.5. The number of nitro benzene ring substituents is 1. The first-order valence-electron chi connectivity index (χ1n) is 5.34. The van der Waals surface area contributed by atoms with Gasteiger partial charge in [0, 0.05) is 23.9 Å². The van der Waals surface area contributed by atoms with Crippen molar-refractivity contribution in [2.24, 2.45) is 0 Å². The predicted octanol–water partition coefficient (Wildman–Crippen LogP) is 1.21. The molecule has 19 heavy (non-hydrogen) atoms. The Balaban J connectivity index is 3.06. The molecule has 0 radical (unpaired) electrons. The minimum Gasteiger partial charge on any atom is -0.398 e. The van der Waals surface area contributed by atoms with Crippen molar-refractivity contribution in [2.75, 3.05) is 18.5 Å². The molecule has 0 amide bonds. The van der Waals surface area contributed by atoms with E-state index in [2.05, 4.69) is 4.72 Å². The second kappa shape index (κ2) is 6.22. The largest absolute Gasteiger partial charge is 0.398 e. The molecule has 0 aliphatic carbocycles. The molecule has 9 heteroatoms. The number of sulfonamides is 1. The van der Waals surface area contributed by atoms with E-state index >= 15 is 0 Å². The van der Waals surface area contributed by atoms with Crippen molar-refractivity contribution < 1.29 is 13.3 Å². The topological polar surface area (TPSA) is 115 Å². The third-order valence-corrected chi connectivity index (χ3v) is 4.91. The van der Waals surface area contributed by atoms with Crippen LogP contribution in [-0.4, -0.2) is 31.4 Å². The van der Waals surface area contributed by atoms with Crippen LogP contribution in [0.25, 0.3) is 0 Å². The Labute approximate surface area is 115 Å². The molecule has 0 bridgehead atoms. The van der Waals surface area contributed by atoms with Gasteiger partial charge in [0.15, 0.2) is 0 Å². The number of anilines is 1. The highest BCUT2D eigenvalue weighted by Gasteiger charge is 2.21. The molecular weight excluding hydrogens is 290 g/mol. The van der Waals surface area contributed by atoms with E-state index in [4.69, 9.17) is 5.73 Å². The first-order chi connectivity index (χ1) is 8.77. The highest BCUT2D eigenvalue weighted by Crippen LogP contribution is 2.23. The monoisotopic (exact) mass is 305 g/mol. The Hall–Kier alpha value is -1.32. The molecule has 106 valence electrons. The molecule has 0 fully saturated rings. The summed E-state index contributed by atoms with van der Waals surface area (Å²) in [6.07, 6.45) is 1.86. The Morgan fingerprint density at radius 3 is 2.68 bits per heavy atom. The summed E-state index contributed by atoms with van der Waals surface area (Å²) in [4.78, 5) is 9.72. The summed E-state index contributed by atoms with van der Waals surface area (Å²) in [6, 6.07) is 3.34. The summed E-state index contributed by atoms with van der Waals surface area (Å²) in [5, 5.41) is 10.7. The van der Waals surface area contributed by atoms with Crippen molar-refractivity contribution in [1.29, 1.82) is 0 Å². The maximum absolute atomic E-state index is 12.0. The number of nitrogens with one attached hydrogen (secondary N) is 1. The van der Waals surface area contributed by atoms with Gasteiger partial charge in [-0.25, -0.2) is 13.1 Å². The molecule has 0 aliphatic heterocycles. The van der Waals surface area contributed by atoms with Crippen LogP contribution in [0.4, 0.5) is 11.4 Å². The fourth-order valence-electron chi connectivity index (χ4n) is 1.26. The standard InChI is InChI=1S/C10H15N3O4S2/c1-7(18-2)6-12-19(16,17)10-5-8(13(14)15)3-4-9(10)11/h3-5,7,12H,6,11H2,1-2H3. The summed E-state index contributed by atoms with van der Waals surface area (Å²) in [5.41, 5.74) is 5.24. The fourth-order valence-corrected chi connectivity index (χ4v) is 2.89. The molecule has 1 rings (SSSR count). The Bertz CT molecular complexity index is 574. The molecule has 1 atom stereocenters. The van der Waals surface area contributed by atoms with Crippen LogP contribution >= 0.6 is 11.8 Å². The normalized spacial score (nSPS) is 13.2. The van der Waals surface area contributed by atoms with Gasteiger partial charge in [0.25, 0.3) is 5.69 Å². The van der Waals surface area contributed by atoms with Crippen molar-refractivity contribution in [3.8, 4) is 0 Å². The maximum atomic E-state index is 12.0. The number of rotatable bonds is 6. The van der Waals surface area contributed by atoms with Gasteiger partial charge in [-0.2, -0.15) is 11.8 Å². The molecule has 0 heterocycles. The molecule has 0 saturated carbocycles. The number of non-ortho nitro benzene ring substituents is 1. The molecule has 7 nitrogen and oxygen atoms in total. The number of hydrogen-bond donors (Lipinski definition) is 2. The van der Waals surface area contributed by atoms with Gasteiger partial charge in [-0.05, 0) is 12.3 Å². The molecule has 0 spiro atoms. The number of hydrogen-bond acceptors (Lipinski definition) is 6. The summed E-state index contributed by atoms with van der Waals surface area (Å²) in [7, 11) is -3.84. The van der Waals surface area contributed by atoms with Crippen LogP contribution in [0.15, 0.2) is 23.1 Å². The number of thioether (sulfide) groups is 1. The molecule has 0 saturated heterocycles. The first-order valence-corrected chi connectivity index (χ1v) is 8.11. The molecule has 1 unspecified atom stereocenters. The van der Waals surface area contributed by atoms with Gasteiger partial charge >= 0.3 is 0 Å². The Kier molecular flexibility index (Phi) is 5.15. The molecular formula is C10H15N3O4S2. The van der Waals surface area contributed by atoms with E-state index in [1.165, 1.54) is 23.9 Å². The van der Waals surface area contributed by atoms with Gasteiger partial charge in [0.05, 0.1) is 10.6 Å². The van der Waals surface area contributed by atoms with Crippen LogP contribution in [0.1, 0.15) is 6.92 Å². The second-order valence-electron chi connectivity index (χ2n) is 3.88. The first kappa shape index (κ1) is 15.7. The van der Waals surface area contributed by atoms with Crippen LogP contribution in [0.5, 0.6) is 0 Å². The van der Waals surface area contributed by atoms with Crippen LogP contribution in [0.3, 0.4) is 0 Å². The SMILES string of the molecule is CSC(C)CNS(=O)(=O)c1cc([N+](=O)[O-])ccc1N. The van der Waals surface area contributed by atoms with E-state index in [0.29, 0.717) is 0 Å². The summed E-state index contributed by atoms with van der Waals surface area (Å²) in [5.74, 6) is 0. The lowest BCUT2D eigenvalue weighted by molar-refractivity contribution is -0.385. The number of nitrogens with zero attached hydrogens (tertiary/aromatic N) is 1. The molecule has 3 N–H and O–H groups in total. The average Bonchev–Trinajstić information content (AvgIpc) is 2.36. The highest BCUT2D eigenvalue weighted by molar-refractivity contribution is 7.99. The lowest BCUT2D eigenvalue weighted by Crippen LogP contribution is -2.30. The van der Waals surface area contributed by atoms with E-state index < -0.39 is 14.9 Å². The quantitative estimate of drug-likeness (QED) is 0.463. The molecule has 0 aliphatic rings. The molecule has 1 aromatic rings. The molecule has 1 aromatic carbocycles. The van der Waals surface area contributed by atoms with E-state index in [0.717, 1.165) is 6.07 Å². The van der Waals surface area contributed by atoms with Crippen molar-refractivity contribution >= 4 is 33.2 Å². The fraction of sp³-hybridized carbons (Fsp3) is 0.400. The number of nitrogen functional groups attached to an aromatic ring is 1. The lowest BCUT2D eigenvalue weighted by Gasteiger charge is -2.11. The van der Waals surface area contributed by atoms with Gasteiger partial charge in [-0.3, -0.25) is 10.1 Å². The number of nitrogens with two attached hydrogens (primary N) is 1. The zero-order chi connectivity index (χ0) is 14.6. The van der Waals surface area contributed by atoms with Crippen molar-refractivity contribution in [2.45, 2.75) is 17.1 Å². The Morgan fingerprint density at radius 1 is 1.53 bits per heavy atom. The van der Waals surface area contributed by atoms with Crippen LogP contribution in [0.2, 0.25) is 0 Å². The lowest BCUT2D eigenvalue weighted by atomic mass is 10.3.